The summed E-state index contributed by atoms with van der Waals surface area (Å²) in [4.78, 5) is 24.8. The molecule has 1 saturated heterocycles. The van der Waals surface area contributed by atoms with Crippen LogP contribution in [0, 0.1) is 0 Å². The smallest absolute Gasteiger partial charge is 0.244 e. The second-order valence-corrected chi connectivity index (χ2v) is 7.38. The molecule has 1 aliphatic rings. The summed E-state index contributed by atoms with van der Waals surface area (Å²) < 4.78 is 22.6. The van der Waals surface area contributed by atoms with Crippen molar-refractivity contribution in [2.75, 3.05) is 29.7 Å². The van der Waals surface area contributed by atoms with Gasteiger partial charge in [0.1, 0.15) is 6.54 Å². The lowest BCUT2D eigenvalue weighted by atomic mass is 10.3. The molecule has 6 nitrogen and oxygen atoms in total. The van der Waals surface area contributed by atoms with Crippen molar-refractivity contribution >= 4 is 39.1 Å². The highest BCUT2D eigenvalue weighted by atomic mass is 32.2. The minimum absolute atomic E-state index is 0.0136. The SMILES string of the molecule is CS(=O)(=O)c1ccc(NC(=O)CN2CSCC2=O)cc1. The summed E-state index contributed by atoms with van der Waals surface area (Å²) in [7, 11) is -3.24. The first-order valence-electron chi connectivity index (χ1n) is 5.82. The molecule has 1 aromatic rings. The largest absolute Gasteiger partial charge is 0.325 e. The van der Waals surface area contributed by atoms with Gasteiger partial charge in [0, 0.05) is 11.9 Å². The van der Waals surface area contributed by atoms with E-state index in [1.165, 1.54) is 40.9 Å². The molecule has 20 heavy (non-hydrogen) atoms. The van der Waals surface area contributed by atoms with E-state index >= 15 is 0 Å². The zero-order chi connectivity index (χ0) is 14.8. The lowest BCUT2D eigenvalue weighted by molar-refractivity contribution is -0.130. The summed E-state index contributed by atoms with van der Waals surface area (Å²) in [6.45, 7) is 0.0136. The van der Waals surface area contributed by atoms with Crippen LogP contribution in [-0.4, -0.2) is 49.6 Å². The van der Waals surface area contributed by atoms with E-state index in [9.17, 15) is 18.0 Å². The fourth-order valence-corrected chi connectivity index (χ4v) is 3.23. The van der Waals surface area contributed by atoms with Gasteiger partial charge in [-0.05, 0) is 24.3 Å². The Balaban J connectivity index is 1.96. The summed E-state index contributed by atoms with van der Waals surface area (Å²) in [5.41, 5.74) is 0.502. The summed E-state index contributed by atoms with van der Waals surface area (Å²) >= 11 is 1.47. The topological polar surface area (TPSA) is 83.6 Å². The van der Waals surface area contributed by atoms with E-state index in [0.29, 0.717) is 17.3 Å². The molecule has 2 amide bonds. The standard InChI is InChI=1S/C12H14N2O4S2/c1-20(17,18)10-4-2-9(3-5-10)13-11(15)6-14-8-19-7-12(14)16/h2-5H,6-8H2,1H3,(H,13,15). The second kappa shape index (κ2) is 5.84. The Morgan fingerprint density at radius 3 is 2.50 bits per heavy atom. The van der Waals surface area contributed by atoms with Gasteiger partial charge >= 0.3 is 0 Å². The van der Waals surface area contributed by atoms with E-state index in [0.717, 1.165) is 6.26 Å². The Bertz CT molecular complexity index is 625. The third kappa shape index (κ3) is 3.73. The van der Waals surface area contributed by atoms with Gasteiger partial charge in [-0.1, -0.05) is 0 Å². The summed E-state index contributed by atoms with van der Waals surface area (Å²) in [5.74, 6) is 0.598. The number of carbonyl (C=O) groups is 2. The number of thioether (sulfide) groups is 1. The minimum atomic E-state index is -3.24. The maximum Gasteiger partial charge on any atom is 0.244 e. The van der Waals surface area contributed by atoms with Gasteiger partial charge < -0.3 is 10.2 Å². The second-order valence-electron chi connectivity index (χ2n) is 4.41. The molecule has 0 spiro atoms. The van der Waals surface area contributed by atoms with E-state index < -0.39 is 9.84 Å². The first-order valence-corrected chi connectivity index (χ1v) is 8.86. The zero-order valence-corrected chi connectivity index (χ0v) is 12.5. The van der Waals surface area contributed by atoms with Crippen molar-refractivity contribution in [3.05, 3.63) is 24.3 Å². The Kier molecular flexibility index (Phi) is 4.34. The van der Waals surface area contributed by atoms with Gasteiger partial charge in [0.15, 0.2) is 9.84 Å². The molecular formula is C12H14N2O4S2. The molecule has 0 aliphatic carbocycles. The predicted octanol–water partition coefficient (Wildman–Crippen LogP) is 0.561. The monoisotopic (exact) mass is 314 g/mol. The molecule has 1 N–H and O–H groups in total. The van der Waals surface area contributed by atoms with Gasteiger partial charge in [-0.3, -0.25) is 9.59 Å². The molecule has 8 heteroatoms. The number of rotatable bonds is 4. The molecule has 0 saturated carbocycles. The number of benzene rings is 1. The molecule has 1 fully saturated rings. The van der Waals surface area contributed by atoms with Crippen molar-refractivity contribution in [2.45, 2.75) is 4.90 Å². The van der Waals surface area contributed by atoms with Crippen LogP contribution in [0.5, 0.6) is 0 Å². The zero-order valence-electron chi connectivity index (χ0n) is 10.8. The molecular weight excluding hydrogens is 300 g/mol. The van der Waals surface area contributed by atoms with Crippen LogP contribution in [-0.2, 0) is 19.4 Å². The van der Waals surface area contributed by atoms with Crippen molar-refractivity contribution < 1.29 is 18.0 Å². The molecule has 0 atom stereocenters. The van der Waals surface area contributed by atoms with Crippen molar-refractivity contribution in [3.63, 3.8) is 0 Å². The van der Waals surface area contributed by atoms with Crippen LogP contribution in [0.1, 0.15) is 0 Å². The molecule has 0 aromatic heterocycles. The minimum Gasteiger partial charge on any atom is -0.325 e. The average molecular weight is 314 g/mol. The van der Waals surface area contributed by atoms with Gasteiger partial charge in [-0.25, -0.2) is 8.42 Å². The van der Waals surface area contributed by atoms with E-state index in [4.69, 9.17) is 0 Å². The summed E-state index contributed by atoms with van der Waals surface area (Å²) in [6.07, 6.45) is 1.12. The summed E-state index contributed by atoms with van der Waals surface area (Å²) in [6, 6.07) is 5.91. The Labute approximate surface area is 121 Å². The van der Waals surface area contributed by atoms with Gasteiger partial charge in [0.05, 0.1) is 16.5 Å². The molecule has 108 valence electrons. The van der Waals surface area contributed by atoms with Crippen LogP contribution in [0.15, 0.2) is 29.2 Å². The third-order valence-electron chi connectivity index (χ3n) is 2.73. The molecule has 2 rings (SSSR count). The number of nitrogens with zero attached hydrogens (tertiary/aromatic N) is 1. The van der Waals surface area contributed by atoms with Crippen LogP contribution in [0.4, 0.5) is 5.69 Å². The molecule has 0 bridgehead atoms. The number of amides is 2. The molecule has 1 aromatic carbocycles. The quantitative estimate of drug-likeness (QED) is 0.878. The van der Waals surface area contributed by atoms with Crippen molar-refractivity contribution in [3.8, 4) is 0 Å². The number of anilines is 1. The van der Waals surface area contributed by atoms with E-state index in [1.807, 2.05) is 0 Å². The fraction of sp³-hybridized carbons (Fsp3) is 0.333. The number of carbonyl (C=O) groups excluding carboxylic acids is 2. The normalized spacial score (nSPS) is 15.4. The summed E-state index contributed by atoms with van der Waals surface area (Å²) in [5, 5.41) is 2.63. The van der Waals surface area contributed by atoms with Gasteiger partial charge in [0.25, 0.3) is 0 Å². The highest BCUT2D eigenvalue weighted by molar-refractivity contribution is 8.00. The molecule has 1 heterocycles. The Morgan fingerprint density at radius 2 is 2.00 bits per heavy atom. The van der Waals surface area contributed by atoms with Gasteiger partial charge in [-0.2, -0.15) is 0 Å². The van der Waals surface area contributed by atoms with E-state index in [2.05, 4.69) is 5.32 Å². The van der Waals surface area contributed by atoms with Crippen molar-refractivity contribution in [2.24, 2.45) is 0 Å². The Hall–Kier alpha value is -1.54. The maximum absolute atomic E-state index is 11.8. The van der Waals surface area contributed by atoms with Gasteiger partial charge in [-0.15, -0.1) is 11.8 Å². The van der Waals surface area contributed by atoms with Gasteiger partial charge in [0.2, 0.25) is 11.8 Å². The maximum atomic E-state index is 11.8. The first-order chi connectivity index (χ1) is 9.36. The number of nitrogens with one attached hydrogen (secondary N) is 1. The van der Waals surface area contributed by atoms with E-state index in [-0.39, 0.29) is 23.3 Å². The van der Waals surface area contributed by atoms with Crippen LogP contribution >= 0.6 is 11.8 Å². The van der Waals surface area contributed by atoms with Crippen LogP contribution < -0.4 is 5.32 Å². The highest BCUT2D eigenvalue weighted by Gasteiger charge is 2.22. The molecule has 0 unspecified atom stereocenters. The number of hydrogen-bond donors (Lipinski definition) is 1. The highest BCUT2D eigenvalue weighted by Crippen LogP contribution is 2.16. The lowest BCUT2D eigenvalue weighted by Crippen LogP contribution is -2.34. The predicted molar refractivity (Wildman–Crippen MR) is 77.2 cm³/mol. The first kappa shape index (κ1) is 14.9. The van der Waals surface area contributed by atoms with Crippen LogP contribution in [0.3, 0.4) is 0 Å². The lowest BCUT2D eigenvalue weighted by Gasteiger charge is -2.14. The van der Waals surface area contributed by atoms with E-state index in [1.54, 1.807) is 0 Å². The number of hydrogen-bond acceptors (Lipinski definition) is 5. The van der Waals surface area contributed by atoms with Crippen LogP contribution in [0.2, 0.25) is 0 Å². The third-order valence-corrected chi connectivity index (χ3v) is 4.80. The van der Waals surface area contributed by atoms with Crippen molar-refractivity contribution in [1.82, 2.24) is 4.90 Å². The number of sulfone groups is 1. The molecule has 0 radical (unpaired) electrons. The Morgan fingerprint density at radius 1 is 1.35 bits per heavy atom. The van der Waals surface area contributed by atoms with Crippen molar-refractivity contribution in [1.29, 1.82) is 0 Å². The van der Waals surface area contributed by atoms with Crippen LogP contribution in [0.25, 0.3) is 0 Å². The molecule has 1 aliphatic heterocycles. The fourth-order valence-electron chi connectivity index (χ4n) is 1.70. The average Bonchev–Trinajstić information content (AvgIpc) is 2.74.